The number of aliphatic hydroxyl groups excluding tert-OH is 1. The lowest BCUT2D eigenvalue weighted by atomic mass is 10.4. The van der Waals surface area contributed by atoms with Crippen molar-refractivity contribution < 1.29 is 19.7 Å². The SMILES string of the molecule is C1CCOC1.O=C(O)CBr.OCCBr.[B]. The predicted molar refractivity (Wildman–Crippen MR) is 68.1 cm³/mol. The highest BCUT2D eigenvalue weighted by Gasteiger charge is 1.94. The molecular weight excluding hydrogens is 331 g/mol. The number of alkyl halides is 2. The molecule has 1 saturated heterocycles. The molecular formula is C8H16BBr2O4. The lowest BCUT2D eigenvalue weighted by molar-refractivity contribution is -0.133. The second-order valence-corrected chi connectivity index (χ2v) is 3.61. The molecule has 4 nitrogen and oxygen atoms in total. The van der Waals surface area contributed by atoms with Gasteiger partial charge in [-0.3, -0.25) is 4.79 Å². The summed E-state index contributed by atoms with van der Waals surface area (Å²) in [5.41, 5.74) is 0. The van der Waals surface area contributed by atoms with Gasteiger partial charge in [0, 0.05) is 27.0 Å². The van der Waals surface area contributed by atoms with Crippen LogP contribution in [0, 0.1) is 0 Å². The van der Waals surface area contributed by atoms with Crippen molar-refractivity contribution in [3.8, 4) is 0 Å². The average Bonchev–Trinajstić information content (AvgIpc) is 2.76. The van der Waals surface area contributed by atoms with Crippen molar-refractivity contribution in [2.75, 3.05) is 30.5 Å². The van der Waals surface area contributed by atoms with Gasteiger partial charge in [-0.2, -0.15) is 0 Å². The number of halogens is 2. The molecule has 3 radical (unpaired) electrons. The Morgan fingerprint density at radius 2 is 1.60 bits per heavy atom. The van der Waals surface area contributed by atoms with Gasteiger partial charge in [0.1, 0.15) is 5.33 Å². The first-order valence-electron chi connectivity index (χ1n) is 4.21. The van der Waals surface area contributed by atoms with E-state index in [1.807, 2.05) is 0 Å². The average molecular weight is 347 g/mol. The van der Waals surface area contributed by atoms with Crippen molar-refractivity contribution in [1.29, 1.82) is 0 Å². The molecule has 1 fully saturated rings. The first-order chi connectivity index (χ1) is 6.68. The van der Waals surface area contributed by atoms with Crippen molar-refractivity contribution in [3.63, 3.8) is 0 Å². The van der Waals surface area contributed by atoms with E-state index in [-0.39, 0.29) is 20.4 Å². The number of aliphatic hydroxyl groups is 1. The standard InChI is InChI=1S/C4H8O.C2H3BrO2.C2H5BrO.B/c1-2-4-5-3-1;3-1-2(4)5;3-1-2-4;/h1-4H2;1H2,(H,4,5);4H,1-2H2;. The normalized spacial score (nSPS) is 12.5. The van der Waals surface area contributed by atoms with Crippen LogP contribution in [-0.2, 0) is 9.53 Å². The molecule has 2 N–H and O–H groups in total. The molecule has 7 heteroatoms. The Morgan fingerprint density at radius 1 is 1.27 bits per heavy atom. The molecule has 0 aliphatic carbocycles. The van der Waals surface area contributed by atoms with E-state index in [1.54, 1.807) is 0 Å². The molecule has 0 atom stereocenters. The number of carboxylic acid groups (broad SMARTS) is 1. The van der Waals surface area contributed by atoms with Crippen LogP contribution in [0.15, 0.2) is 0 Å². The number of ether oxygens (including phenoxy) is 1. The number of carboxylic acids is 1. The summed E-state index contributed by atoms with van der Waals surface area (Å²) in [7, 11) is 0. The number of hydrogen-bond acceptors (Lipinski definition) is 3. The van der Waals surface area contributed by atoms with Crippen molar-refractivity contribution >= 4 is 46.2 Å². The van der Waals surface area contributed by atoms with Crippen molar-refractivity contribution in [3.05, 3.63) is 0 Å². The fourth-order valence-electron chi connectivity index (χ4n) is 0.510. The van der Waals surface area contributed by atoms with Gasteiger partial charge in [-0.15, -0.1) is 0 Å². The van der Waals surface area contributed by atoms with Gasteiger partial charge in [0.2, 0.25) is 0 Å². The molecule has 15 heavy (non-hydrogen) atoms. The lowest BCUT2D eigenvalue weighted by Crippen LogP contribution is -1.92. The van der Waals surface area contributed by atoms with Crippen LogP contribution >= 0.6 is 31.9 Å². The first kappa shape index (κ1) is 20.8. The largest absolute Gasteiger partial charge is 0.481 e. The maximum absolute atomic E-state index is 9.32. The zero-order chi connectivity index (χ0) is 11.2. The zero-order valence-electron chi connectivity index (χ0n) is 8.49. The van der Waals surface area contributed by atoms with Gasteiger partial charge < -0.3 is 14.9 Å². The Balaban J connectivity index is -0.000000141. The Labute approximate surface area is 109 Å². The fourth-order valence-corrected chi connectivity index (χ4v) is 0.510. The van der Waals surface area contributed by atoms with E-state index in [4.69, 9.17) is 14.9 Å². The Bertz CT molecular complexity index is 114. The minimum atomic E-state index is -0.829. The third-order valence-corrected chi connectivity index (χ3v) is 1.86. The van der Waals surface area contributed by atoms with Gasteiger partial charge in [-0.25, -0.2) is 0 Å². The van der Waals surface area contributed by atoms with Gasteiger partial charge in [-0.05, 0) is 12.8 Å². The second-order valence-electron chi connectivity index (χ2n) is 2.26. The van der Waals surface area contributed by atoms with Crippen LogP contribution in [0.2, 0.25) is 0 Å². The van der Waals surface area contributed by atoms with Crippen LogP contribution in [-0.4, -0.2) is 55.1 Å². The van der Waals surface area contributed by atoms with Crippen LogP contribution in [0.1, 0.15) is 12.8 Å². The van der Waals surface area contributed by atoms with Crippen LogP contribution in [0.5, 0.6) is 0 Å². The molecule has 1 aliphatic heterocycles. The van der Waals surface area contributed by atoms with E-state index in [9.17, 15) is 4.79 Å². The highest BCUT2D eigenvalue weighted by atomic mass is 79.9. The summed E-state index contributed by atoms with van der Waals surface area (Å²) >= 11 is 5.71. The first-order valence-corrected chi connectivity index (χ1v) is 6.45. The molecule has 1 aliphatic rings. The van der Waals surface area contributed by atoms with Crippen LogP contribution in [0.4, 0.5) is 0 Å². The van der Waals surface area contributed by atoms with E-state index in [2.05, 4.69) is 31.9 Å². The molecule has 1 heterocycles. The van der Waals surface area contributed by atoms with Crippen LogP contribution in [0.3, 0.4) is 0 Å². The van der Waals surface area contributed by atoms with E-state index in [1.165, 1.54) is 12.8 Å². The highest BCUT2D eigenvalue weighted by Crippen LogP contribution is 1.98. The minimum absolute atomic E-state index is 0. The minimum Gasteiger partial charge on any atom is -0.481 e. The summed E-state index contributed by atoms with van der Waals surface area (Å²) in [5, 5.41) is 16.2. The Hall–Kier alpha value is 0.415. The number of aliphatic carboxylic acids is 1. The summed E-state index contributed by atoms with van der Waals surface area (Å²) in [6.45, 7) is 2.24. The van der Waals surface area contributed by atoms with Crippen LogP contribution < -0.4 is 0 Å². The number of carbonyl (C=O) groups is 1. The molecule has 0 aromatic carbocycles. The third kappa shape index (κ3) is 31.4. The van der Waals surface area contributed by atoms with Gasteiger partial charge in [0.25, 0.3) is 0 Å². The lowest BCUT2D eigenvalue weighted by Gasteiger charge is -1.76. The molecule has 0 spiro atoms. The fraction of sp³-hybridized carbons (Fsp3) is 0.875. The number of rotatable bonds is 2. The second kappa shape index (κ2) is 19.9. The molecule has 1 rings (SSSR count). The Morgan fingerprint density at radius 3 is 1.67 bits per heavy atom. The zero-order valence-corrected chi connectivity index (χ0v) is 11.7. The predicted octanol–water partition coefficient (Wildman–Crippen LogP) is 1.26. The van der Waals surface area contributed by atoms with E-state index in [0.717, 1.165) is 13.2 Å². The van der Waals surface area contributed by atoms with Gasteiger partial charge >= 0.3 is 5.97 Å². The maximum atomic E-state index is 9.32. The summed E-state index contributed by atoms with van der Waals surface area (Å²) in [6, 6.07) is 0. The summed E-state index contributed by atoms with van der Waals surface area (Å²) < 4.78 is 4.94. The molecule has 0 saturated carbocycles. The van der Waals surface area contributed by atoms with Crippen molar-refractivity contribution in [1.82, 2.24) is 0 Å². The summed E-state index contributed by atoms with van der Waals surface area (Å²) in [6.07, 6.45) is 2.56. The van der Waals surface area contributed by atoms with E-state index < -0.39 is 5.97 Å². The van der Waals surface area contributed by atoms with Gasteiger partial charge in [0.05, 0.1) is 6.61 Å². The van der Waals surface area contributed by atoms with Crippen molar-refractivity contribution in [2.24, 2.45) is 0 Å². The monoisotopic (exact) mass is 345 g/mol. The summed E-state index contributed by atoms with van der Waals surface area (Å²) in [4.78, 5) is 9.32. The molecule has 0 bridgehead atoms. The molecule has 0 aromatic heterocycles. The van der Waals surface area contributed by atoms with Crippen LogP contribution in [0.25, 0.3) is 0 Å². The molecule has 89 valence electrons. The summed E-state index contributed by atoms with van der Waals surface area (Å²) in [5.74, 6) is -0.829. The molecule has 0 amide bonds. The van der Waals surface area contributed by atoms with Gasteiger partial charge in [0.15, 0.2) is 0 Å². The topological polar surface area (TPSA) is 66.8 Å². The Kier molecular flexibility index (Phi) is 27.6. The molecule has 0 aromatic rings. The smallest absolute Gasteiger partial charge is 0.314 e. The highest BCUT2D eigenvalue weighted by molar-refractivity contribution is 9.09. The quantitative estimate of drug-likeness (QED) is 0.583. The maximum Gasteiger partial charge on any atom is 0.314 e. The number of hydrogen-bond donors (Lipinski definition) is 2. The van der Waals surface area contributed by atoms with E-state index in [0.29, 0.717) is 5.33 Å². The van der Waals surface area contributed by atoms with E-state index >= 15 is 0 Å². The third-order valence-electron chi connectivity index (χ3n) is 1.03. The van der Waals surface area contributed by atoms with Gasteiger partial charge in [-0.1, -0.05) is 31.9 Å². The van der Waals surface area contributed by atoms with Crippen molar-refractivity contribution in [2.45, 2.75) is 12.8 Å². The molecule has 0 unspecified atom stereocenters.